The number of ether oxygens (including phenoxy) is 1. The molecule has 3 rings (SSSR count). The second kappa shape index (κ2) is 7.57. The first-order valence-corrected chi connectivity index (χ1v) is 8.37. The third-order valence-corrected chi connectivity index (χ3v) is 4.41. The Balaban J connectivity index is 1.58. The fourth-order valence-electron chi connectivity index (χ4n) is 2.85. The number of hydrogen-bond acceptors (Lipinski definition) is 3. The van der Waals surface area contributed by atoms with Crippen LogP contribution in [-0.4, -0.2) is 28.7 Å². The maximum Gasteiger partial charge on any atom is 0.224 e. The monoisotopic (exact) mass is 331 g/mol. The summed E-state index contributed by atoms with van der Waals surface area (Å²) in [6.07, 6.45) is 7.34. The fourth-order valence-corrected chi connectivity index (χ4v) is 3.09. The SMILES string of the molecule is O=C(CCC1CCCOC1)Nc1cccc(-n2cc[nH]c2=S)c1. The van der Waals surface area contributed by atoms with Crippen LogP contribution in [0.2, 0.25) is 0 Å². The average Bonchev–Trinajstić information content (AvgIpc) is 3.00. The number of aromatic amines is 1. The van der Waals surface area contributed by atoms with Crippen molar-refractivity contribution in [3.63, 3.8) is 0 Å². The van der Waals surface area contributed by atoms with Crippen molar-refractivity contribution in [2.45, 2.75) is 25.7 Å². The van der Waals surface area contributed by atoms with Gasteiger partial charge < -0.3 is 15.0 Å². The zero-order chi connectivity index (χ0) is 16.1. The number of carbonyl (C=O) groups is 1. The predicted octanol–water partition coefficient (Wildman–Crippen LogP) is 3.68. The number of carbonyl (C=O) groups excluding carboxylic acids is 1. The summed E-state index contributed by atoms with van der Waals surface area (Å²) in [6, 6.07) is 7.68. The first kappa shape index (κ1) is 16.0. The molecule has 1 aromatic heterocycles. The Bertz CT molecular complexity index is 716. The van der Waals surface area contributed by atoms with Crippen molar-refractivity contribution < 1.29 is 9.53 Å². The molecule has 1 unspecified atom stereocenters. The number of H-pyrrole nitrogens is 1. The number of anilines is 1. The molecule has 6 heteroatoms. The smallest absolute Gasteiger partial charge is 0.224 e. The van der Waals surface area contributed by atoms with Gasteiger partial charge in [-0.1, -0.05) is 6.07 Å². The minimum Gasteiger partial charge on any atom is -0.381 e. The van der Waals surface area contributed by atoms with Gasteiger partial charge in [-0.15, -0.1) is 0 Å². The number of nitrogens with one attached hydrogen (secondary N) is 2. The Morgan fingerprint density at radius 3 is 3.13 bits per heavy atom. The van der Waals surface area contributed by atoms with Gasteiger partial charge in [-0.3, -0.25) is 9.36 Å². The van der Waals surface area contributed by atoms with Crippen molar-refractivity contribution >= 4 is 23.8 Å². The Morgan fingerprint density at radius 1 is 1.48 bits per heavy atom. The highest BCUT2D eigenvalue weighted by atomic mass is 32.1. The number of benzene rings is 1. The van der Waals surface area contributed by atoms with Crippen LogP contribution < -0.4 is 5.32 Å². The van der Waals surface area contributed by atoms with E-state index in [2.05, 4.69) is 10.3 Å². The highest BCUT2D eigenvalue weighted by Gasteiger charge is 2.15. The topological polar surface area (TPSA) is 59.0 Å². The number of nitrogens with zero attached hydrogens (tertiary/aromatic N) is 1. The minimum absolute atomic E-state index is 0.0467. The molecule has 2 aromatic rings. The predicted molar refractivity (Wildman–Crippen MR) is 92.4 cm³/mol. The van der Waals surface area contributed by atoms with Gasteiger partial charge in [0.25, 0.3) is 0 Å². The molecule has 23 heavy (non-hydrogen) atoms. The molecule has 1 amide bonds. The molecule has 5 nitrogen and oxygen atoms in total. The average molecular weight is 331 g/mol. The van der Waals surface area contributed by atoms with Crippen LogP contribution in [0.15, 0.2) is 36.7 Å². The summed E-state index contributed by atoms with van der Waals surface area (Å²) in [5.74, 6) is 0.560. The van der Waals surface area contributed by atoms with Crippen LogP contribution in [0.25, 0.3) is 5.69 Å². The molecule has 1 atom stereocenters. The lowest BCUT2D eigenvalue weighted by Crippen LogP contribution is -2.20. The summed E-state index contributed by atoms with van der Waals surface area (Å²) in [5.41, 5.74) is 1.71. The van der Waals surface area contributed by atoms with Crippen LogP contribution in [0.5, 0.6) is 0 Å². The highest BCUT2D eigenvalue weighted by molar-refractivity contribution is 7.71. The summed E-state index contributed by atoms with van der Waals surface area (Å²) >= 11 is 5.22. The van der Waals surface area contributed by atoms with Gasteiger partial charge in [-0.25, -0.2) is 0 Å². The lowest BCUT2D eigenvalue weighted by Gasteiger charge is -2.21. The summed E-state index contributed by atoms with van der Waals surface area (Å²) in [6.45, 7) is 1.64. The Labute approximate surface area is 140 Å². The van der Waals surface area contributed by atoms with E-state index in [1.165, 1.54) is 0 Å². The van der Waals surface area contributed by atoms with Gasteiger partial charge in [0.05, 0.1) is 0 Å². The molecular weight excluding hydrogens is 310 g/mol. The van der Waals surface area contributed by atoms with E-state index in [1.54, 1.807) is 6.20 Å². The molecule has 1 saturated heterocycles. The quantitative estimate of drug-likeness (QED) is 0.822. The number of hydrogen-bond donors (Lipinski definition) is 2. The number of rotatable bonds is 5. The second-order valence-electron chi connectivity index (χ2n) is 5.86. The van der Waals surface area contributed by atoms with E-state index in [0.29, 0.717) is 17.1 Å². The lowest BCUT2D eigenvalue weighted by molar-refractivity contribution is -0.116. The maximum atomic E-state index is 12.1. The van der Waals surface area contributed by atoms with Crippen LogP contribution in [-0.2, 0) is 9.53 Å². The Kier molecular flexibility index (Phi) is 5.25. The fraction of sp³-hybridized carbons (Fsp3) is 0.412. The zero-order valence-corrected chi connectivity index (χ0v) is 13.8. The van der Waals surface area contributed by atoms with Crippen molar-refractivity contribution in [1.29, 1.82) is 0 Å². The largest absolute Gasteiger partial charge is 0.381 e. The molecular formula is C17H21N3O2S. The minimum atomic E-state index is 0.0467. The normalized spacial score (nSPS) is 17.8. The summed E-state index contributed by atoms with van der Waals surface area (Å²) in [7, 11) is 0. The van der Waals surface area contributed by atoms with Gasteiger partial charge in [0.15, 0.2) is 4.77 Å². The van der Waals surface area contributed by atoms with Crippen LogP contribution in [0, 0.1) is 10.7 Å². The third-order valence-electron chi connectivity index (χ3n) is 4.09. The van der Waals surface area contributed by atoms with E-state index in [9.17, 15) is 4.79 Å². The van der Waals surface area contributed by atoms with Crippen LogP contribution in [0.1, 0.15) is 25.7 Å². The Hall–Kier alpha value is -1.92. The van der Waals surface area contributed by atoms with E-state index >= 15 is 0 Å². The first-order chi connectivity index (χ1) is 11.2. The van der Waals surface area contributed by atoms with Gasteiger partial charge in [0, 0.05) is 43.4 Å². The number of imidazole rings is 1. The number of aromatic nitrogens is 2. The molecule has 1 aliphatic rings. The van der Waals surface area contributed by atoms with Crippen molar-refractivity contribution in [1.82, 2.24) is 9.55 Å². The van der Waals surface area contributed by atoms with Crippen molar-refractivity contribution in [3.8, 4) is 5.69 Å². The molecule has 0 saturated carbocycles. The van der Waals surface area contributed by atoms with E-state index in [0.717, 1.165) is 43.9 Å². The molecule has 0 spiro atoms. The zero-order valence-electron chi connectivity index (χ0n) is 13.0. The third kappa shape index (κ3) is 4.30. The molecule has 1 aliphatic heterocycles. The molecule has 1 fully saturated rings. The maximum absolute atomic E-state index is 12.1. The van der Waals surface area contributed by atoms with Crippen LogP contribution >= 0.6 is 12.2 Å². The van der Waals surface area contributed by atoms with E-state index in [-0.39, 0.29) is 5.91 Å². The van der Waals surface area contributed by atoms with Gasteiger partial charge in [-0.2, -0.15) is 0 Å². The molecule has 0 radical (unpaired) electrons. The summed E-state index contributed by atoms with van der Waals surface area (Å²) in [5, 5.41) is 2.97. The van der Waals surface area contributed by atoms with Crippen molar-refractivity contribution in [2.24, 2.45) is 5.92 Å². The van der Waals surface area contributed by atoms with Crippen molar-refractivity contribution in [2.75, 3.05) is 18.5 Å². The van der Waals surface area contributed by atoms with E-state index < -0.39 is 0 Å². The van der Waals surface area contributed by atoms with Crippen LogP contribution in [0.4, 0.5) is 5.69 Å². The first-order valence-electron chi connectivity index (χ1n) is 7.96. The second-order valence-corrected chi connectivity index (χ2v) is 6.24. The van der Waals surface area contributed by atoms with Crippen LogP contribution in [0.3, 0.4) is 0 Å². The standard InChI is InChI=1S/C17H21N3O2S/c21-16(7-6-13-3-2-10-22-12-13)19-14-4-1-5-15(11-14)20-9-8-18-17(20)23/h1,4-5,8-9,11,13H,2-3,6-7,10,12H2,(H,18,23)(H,19,21). The lowest BCUT2D eigenvalue weighted by atomic mass is 9.97. The molecule has 122 valence electrons. The van der Waals surface area contributed by atoms with Crippen molar-refractivity contribution in [3.05, 3.63) is 41.4 Å². The molecule has 2 heterocycles. The summed E-state index contributed by atoms with van der Waals surface area (Å²) < 4.78 is 7.95. The molecule has 0 bridgehead atoms. The van der Waals surface area contributed by atoms with Gasteiger partial charge >= 0.3 is 0 Å². The Morgan fingerprint density at radius 2 is 2.39 bits per heavy atom. The molecule has 1 aromatic carbocycles. The molecule has 0 aliphatic carbocycles. The summed E-state index contributed by atoms with van der Waals surface area (Å²) in [4.78, 5) is 15.1. The van der Waals surface area contributed by atoms with Gasteiger partial charge in [0.2, 0.25) is 5.91 Å². The van der Waals surface area contributed by atoms with E-state index in [1.807, 2.05) is 35.0 Å². The number of amides is 1. The van der Waals surface area contributed by atoms with E-state index in [4.69, 9.17) is 17.0 Å². The van der Waals surface area contributed by atoms with Gasteiger partial charge in [-0.05, 0) is 55.6 Å². The van der Waals surface area contributed by atoms with Gasteiger partial charge in [0.1, 0.15) is 0 Å². The highest BCUT2D eigenvalue weighted by Crippen LogP contribution is 2.20. The molecule has 2 N–H and O–H groups in total.